The van der Waals surface area contributed by atoms with E-state index >= 15 is 0 Å². The summed E-state index contributed by atoms with van der Waals surface area (Å²) in [5.41, 5.74) is 1.43. The molecule has 1 saturated carbocycles. The van der Waals surface area contributed by atoms with E-state index in [4.69, 9.17) is 0 Å². The molecule has 2 fully saturated rings. The van der Waals surface area contributed by atoms with E-state index in [9.17, 15) is 14.4 Å². The number of carbonyl (C=O) groups excluding carboxylic acids is 3. The topological polar surface area (TPSA) is 78.5 Å². The molecule has 152 valence electrons. The average Bonchev–Trinajstić information content (AvgIpc) is 2.69. The van der Waals surface area contributed by atoms with Gasteiger partial charge >= 0.3 is 0 Å². The van der Waals surface area contributed by atoms with Gasteiger partial charge in [0.15, 0.2) is 0 Å². The molecule has 2 aliphatic rings. The first-order valence-corrected chi connectivity index (χ1v) is 10.4. The van der Waals surface area contributed by atoms with E-state index in [1.54, 1.807) is 24.3 Å². The molecule has 0 spiro atoms. The van der Waals surface area contributed by atoms with Gasteiger partial charge in [-0.3, -0.25) is 14.4 Å². The molecule has 0 radical (unpaired) electrons. The maximum Gasteiger partial charge on any atom is 0.227 e. The maximum absolute atomic E-state index is 12.7. The van der Waals surface area contributed by atoms with Gasteiger partial charge in [-0.1, -0.05) is 6.92 Å². The van der Waals surface area contributed by atoms with E-state index in [-0.39, 0.29) is 23.7 Å². The van der Waals surface area contributed by atoms with Crippen molar-refractivity contribution < 1.29 is 14.4 Å². The molecule has 0 aromatic heterocycles. The second kappa shape index (κ2) is 9.22. The Bertz CT molecular complexity index is 700. The van der Waals surface area contributed by atoms with Crippen molar-refractivity contribution in [2.75, 3.05) is 23.7 Å². The third-order valence-electron chi connectivity index (χ3n) is 6.02. The van der Waals surface area contributed by atoms with Crippen molar-refractivity contribution in [3.63, 3.8) is 0 Å². The van der Waals surface area contributed by atoms with Gasteiger partial charge in [0, 0.05) is 43.2 Å². The van der Waals surface area contributed by atoms with Crippen LogP contribution in [0, 0.1) is 17.8 Å². The first-order valence-electron chi connectivity index (χ1n) is 10.4. The molecule has 1 aromatic rings. The molecule has 6 nitrogen and oxygen atoms in total. The summed E-state index contributed by atoms with van der Waals surface area (Å²) in [6.45, 7) is 5.48. The van der Waals surface area contributed by atoms with Crippen LogP contribution in [0.3, 0.4) is 0 Å². The van der Waals surface area contributed by atoms with Gasteiger partial charge in [-0.15, -0.1) is 0 Å². The highest BCUT2D eigenvalue weighted by molar-refractivity contribution is 5.93. The number of nitrogens with one attached hydrogen (secondary N) is 2. The van der Waals surface area contributed by atoms with Crippen molar-refractivity contribution in [1.29, 1.82) is 0 Å². The number of hydrogen-bond acceptors (Lipinski definition) is 3. The molecular formula is C22H31N3O3. The Labute approximate surface area is 167 Å². The molecule has 28 heavy (non-hydrogen) atoms. The van der Waals surface area contributed by atoms with Crippen LogP contribution in [0.25, 0.3) is 0 Å². The Balaban J connectivity index is 1.45. The van der Waals surface area contributed by atoms with Crippen LogP contribution in [0.4, 0.5) is 11.4 Å². The Morgan fingerprint density at radius 2 is 1.32 bits per heavy atom. The van der Waals surface area contributed by atoms with Crippen molar-refractivity contribution in [2.45, 2.75) is 52.4 Å². The van der Waals surface area contributed by atoms with Crippen LogP contribution in [-0.4, -0.2) is 35.7 Å². The predicted molar refractivity (Wildman–Crippen MR) is 110 cm³/mol. The first-order chi connectivity index (χ1) is 13.4. The Hall–Kier alpha value is -2.37. The number of carbonyl (C=O) groups is 3. The number of piperidine rings is 1. The molecule has 2 N–H and O–H groups in total. The summed E-state index contributed by atoms with van der Waals surface area (Å²) < 4.78 is 0. The molecule has 6 heteroatoms. The van der Waals surface area contributed by atoms with Gasteiger partial charge in [0.05, 0.1) is 0 Å². The number of benzene rings is 1. The SMILES string of the molecule is CC(=O)Nc1ccc(NC(=O)C2CCC(C(=O)N3CCC(C)CC3)CC2)cc1. The van der Waals surface area contributed by atoms with Gasteiger partial charge in [-0.2, -0.15) is 0 Å². The normalized spacial score (nSPS) is 23.1. The van der Waals surface area contributed by atoms with Crippen LogP contribution in [0.2, 0.25) is 0 Å². The third kappa shape index (κ3) is 5.33. The lowest BCUT2D eigenvalue weighted by atomic mass is 9.80. The minimum Gasteiger partial charge on any atom is -0.342 e. The number of hydrogen-bond donors (Lipinski definition) is 2. The maximum atomic E-state index is 12.7. The van der Waals surface area contributed by atoms with Gasteiger partial charge in [0.25, 0.3) is 0 Å². The minimum absolute atomic E-state index is 0.0185. The summed E-state index contributed by atoms with van der Waals surface area (Å²) in [5.74, 6) is 0.942. The zero-order valence-electron chi connectivity index (χ0n) is 16.9. The third-order valence-corrected chi connectivity index (χ3v) is 6.02. The number of amides is 3. The molecule has 1 saturated heterocycles. The van der Waals surface area contributed by atoms with E-state index in [0.717, 1.165) is 63.2 Å². The number of likely N-dealkylation sites (tertiary alicyclic amines) is 1. The van der Waals surface area contributed by atoms with Crippen LogP contribution >= 0.6 is 0 Å². The van der Waals surface area contributed by atoms with Gasteiger partial charge in [-0.05, 0) is 68.7 Å². The summed E-state index contributed by atoms with van der Waals surface area (Å²) in [6, 6.07) is 7.11. The highest BCUT2D eigenvalue weighted by atomic mass is 16.2. The van der Waals surface area contributed by atoms with Crippen molar-refractivity contribution in [1.82, 2.24) is 4.90 Å². The Morgan fingerprint density at radius 3 is 1.86 bits per heavy atom. The Kier molecular flexibility index (Phi) is 6.70. The number of nitrogens with zero attached hydrogens (tertiary/aromatic N) is 1. The number of rotatable bonds is 4. The first kappa shape index (κ1) is 20.4. The second-order valence-electron chi connectivity index (χ2n) is 8.30. The monoisotopic (exact) mass is 385 g/mol. The molecule has 1 heterocycles. The summed E-state index contributed by atoms with van der Waals surface area (Å²) in [4.78, 5) is 38.4. The molecule has 3 amide bonds. The standard InChI is InChI=1S/C22H31N3O3/c1-15-11-13-25(14-12-15)22(28)18-5-3-17(4-6-18)21(27)24-20-9-7-19(8-10-20)23-16(2)26/h7-10,15,17-18H,3-6,11-14H2,1-2H3,(H,23,26)(H,24,27). The molecule has 1 aromatic carbocycles. The van der Waals surface area contributed by atoms with Gasteiger partial charge in [0.1, 0.15) is 0 Å². The van der Waals surface area contributed by atoms with Crippen molar-refractivity contribution in [3.05, 3.63) is 24.3 Å². The molecule has 0 atom stereocenters. The zero-order valence-corrected chi connectivity index (χ0v) is 16.9. The fraction of sp³-hybridized carbons (Fsp3) is 0.591. The lowest BCUT2D eigenvalue weighted by Gasteiger charge is -2.35. The van der Waals surface area contributed by atoms with E-state index < -0.39 is 0 Å². The smallest absolute Gasteiger partial charge is 0.227 e. The van der Waals surface area contributed by atoms with Crippen molar-refractivity contribution >= 4 is 29.1 Å². The van der Waals surface area contributed by atoms with Crippen LogP contribution in [0.1, 0.15) is 52.4 Å². The fourth-order valence-corrected chi connectivity index (χ4v) is 4.17. The van der Waals surface area contributed by atoms with Gasteiger partial charge in [-0.25, -0.2) is 0 Å². The van der Waals surface area contributed by atoms with Crippen LogP contribution < -0.4 is 10.6 Å². The van der Waals surface area contributed by atoms with E-state index in [0.29, 0.717) is 11.6 Å². The van der Waals surface area contributed by atoms with Crippen molar-refractivity contribution in [3.8, 4) is 0 Å². The molecule has 3 rings (SSSR count). The largest absolute Gasteiger partial charge is 0.342 e. The highest BCUT2D eigenvalue weighted by Crippen LogP contribution is 2.32. The highest BCUT2D eigenvalue weighted by Gasteiger charge is 2.33. The average molecular weight is 386 g/mol. The van der Waals surface area contributed by atoms with E-state index in [1.165, 1.54) is 6.92 Å². The van der Waals surface area contributed by atoms with E-state index in [1.807, 2.05) is 4.90 Å². The molecule has 1 aliphatic heterocycles. The minimum atomic E-state index is -0.123. The summed E-state index contributed by atoms with van der Waals surface area (Å²) >= 11 is 0. The van der Waals surface area contributed by atoms with Crippen LogP contribution in [-0.2, 0) is 14.4 Å². The summed E-state index contributed by atoms with van der Waals surface area (Å²) in [6.07, 6.45) is 5.32. The number of anilines is 2. The van der Waals surface area contributed by atoms with E-state index in [2.05, 4.69) is 17.6 Å². The molecule has 1 aliphatic carbocycles. The van der Waals surface area contributed by atoms with Crippen LogP contribution in [0.15, 0.2) is 24.3 Å². The molecular weight excluding hydrogens is 354 g/mol. The lowest BCUT2D eigenvalue weighted by molar-refractivity contribution is -0.139. The Morgan fingerprint density at radius 1 is 0.821 bits per heavy atom. The quantitative estimate of drug-likeness (QED) is 0.830. The van der Waals surface area contributed by atoms with Crippen molar-refractivity contribution in [2.24, 2.45) is 17.8 Å². The predicted octanol–water partition coefficient (Wildman–Crippen LogP) is 3.65. The van der Waals surface area contributed by atoms with Gasteiger partial charge < -0.3 is 15.5 Å². The molecule has 0 unspecified atom stereocenters. The van der Waals surface area contributed by atoms with Gasteiger partial charge in [0.2, 0.25) is 17.7 Å². The zero-order chi connectivity index (χ0) is 20.1. The lowest BCUT2D eigenvalue weighted by Crippen LogP contribution is -2.42. The van der Waals surface area contributed by atoms with Crippen LogP contribution in [0.5, 0.6) is 0 Å². The summed E-state index contributed by atoms with van der Waals surface area (Å²) in [5, 5.41) is 5.66. The fourth-order valence-electron chi connectivity index (χ4n) is 4.17. The second-order valence-corrected chi connectivity index (χ2v) is 8.30. The molecule has 0 bridgehead atoms. The summed E-state index contributed by atoms with van der Waals surface area (Å²) in [7, 11) is 0.